The lowest BCUT2D eigenvalue weighted by Gasteiger charge is -2.37. The van der Waals surface area contributed by atoms with E-state index in [0.717, 1.165) is 6.42 Å². The molecule has 0 aromatic heterocycles. The summed E-state index contributed by atoms with van der Waals surface area (Å²) in [5.74, 6) is -0.731. The molecule has 3 nitrogen and oxygen atoms in total. The molecule has 0 heterocycles. The van der Waals surface area contributed by atoms with Gasteiger partial charge in [0.2, 0.25) is 0 Å². The maximum atomic E-state index is 11.1. The molecule has 0 saturated carbocycles. The highest BCUT2D eigenvalue weighted by Crippen LogP contribution is 2.22. The Bertz CT molecular complexity index is 180. The molecule has 0 fully saturated rings. The normalized spacial score (nSPS) is 16.2. The van der Waals surface area contributed by atoms with Gasteiger partial charge in [-0.2, -0.15) is 0 Å². The number of hydrogen-bond donors (Lipinski definition) is 1. The number of nitrogens with zero attached hydrogens (tertiary/aromatic N) is 1. The van der Waals surface area contributed by atoms with Crippen molar-refractivity contribution >= 4 is 5.97 Å². The molecule has 0 aliphatic rings. The first-order chi connectivity index (χ1) is 5.86. The van der Waals surface area contributed by atoms with Crippen molar-refractivity contribution in [1.29, 1.82) is 0 Å². The predicted octanol–water partition coefficient (Wildman–Crippen LogP) is 1.97. The van der Waals surface area contributed by atoms with Gasteiger partial charge in [-0.3, -0.25) is 9.69 Å². The topological polar surface area (TPSA) is 40.5 Å². The molecule has 0 rings (SSSR count). The van der Waals surface area contributed by atoms with Crippen LogP contribution in [0.2, 0.25) is 0 Å². The number of carboxylic acid groups (broad SMARTS) is 1. The van der Waals surface area contributed by atoms with E-state index in [0.29, 0.717) is 6.42 Å². The Hall–Kier alpha value is -0.570. The third-order valence-electron chi connectivity index (χ3n) is 2.75. The van der Waals surface area contributed by atoms with Crippen molar-refractivity contribution in [2.24, 2.45) is 0 Å². The van der Waals surface area contributed by atoms with E-state index in [1.54, 1.807) is 6.92 Å². The lowest BCUT2D eigenvalue weighted by atomic mass is 9.93. The molecule has 1 N–H and O–H groups in total. The Morgan fingerprint density at radius 2 is 2.00 bits per heavy atom. The summed E-state index contributed by atoms with van der Waals surface area (Å²) >= 11 is 0. The smallest absolute Gasteiger partial charge is 0.323 e. The molecule has 0 aliphatic carbocycles. The summed E-state index contributed by atoms with van der Waals surface area (Å²) in [5, 5.41) is 9.14. The Balaban J connectivity index is 4.67. The summed E-state index contributed by atoms with van der Waals surface area (Å²) in [7, 11) is 1.87. The molecule has 0 amide bonds. The quantitative estimate of drug-likeness (QED) is 0.715. The summed E-state index contributed by atoms with van der Waals surface area (Å²) in [4.78, 5) is 13.0. The molecule has 1 unspecified atom stereocenters. The van der Waals surface area contributed by atoms with Crippen LogP contribution in [0.3, 0.4) is 0 Å². The SMILES string of the molecule is CCCC(C)(C(=O)O)N(C)C(C)C. The van der Waals surface area contributed by atoms with Crippen molar-refractivity contribution in [1.82, 2.24) is 4.90 Å². The van der Waals surface area contributed by atoms with Crippen LogP contribution in [0.5, 0.6) is 0 Å². The summed E-state index contributed by atoms with van der Waals surface area (Å²) < 4.78 is 0. The summed E-state index contributed by atoms with van der Waals surface area (Å²) in [6, 6.07) is 0.257. The van der Waals surface area contributed by atoms with Crippen molar-refractivity contribution in [3.05, 3.63) is 0 Å². The van der Waals surface area contributed by atoms with Gasteiger partial charge in [0, 0.05) is 6.04 Å². The zero-order valence-electron chi connectivity index (χ0n) is 9.29. The highest BCUT2D eigenvalue weighted by atomic mass is 16.4. The van der Waals surface area contributed by atoms with Crippen molar-refractivity contribution in [3.63, 3.8) is 0 Å². The Morgan fingerprint density at radius 1 is 1.54 bits per heavy atom. The average Bonchev–Trinajstić information content (AvgIpc) is 2.02. The molecule has 0 aromatic carbocycles. The van der Waals surface area contributed by atoms with Crippen LogP contribution >= 0.6 is 0 Å². The van der Waals surface area contributed by atoms with Crippen molar-refractivity contribution in [2.45, 2.75) is 52.1 Å². The van der Waals surface area contributed by atoms with Crippen LogP contribution in [-0.4, -0.2) is 34.6 Å². The second-order valence-corrected chi connectivity index (χ2v) is 4.03. The first-order valence-corrected chi connectivity index (χ1v) is 4.82. The van der Waals surface area contributed by atoms with Crippen LogP contribution < -0.4 is 0 Å². The van der Waals surface area contributed by atoms with E-state index in [1.165, 1.54) is 0 Å². The van der Waals surface area contributed by atoms with Crippen LogP contribution in [0.15, 0.2) is 0 Å². The van der Waals surface area contributed by atoms with Crippen molar-refractivity contribution < 1.29 is 9.90 Å². The molecule has 0 bridgehead atoms. The second kappa shape index (κ2) is 4.61. The molecule has 0 aliphatic heterocycles. The number of hydrogen-bond acceptors (Lipinski definition) is 2. The number of rotatable bonds is 5. The minimum absolute atomic E-state index is 0.257. The number of carbonyl (C=O) groups is 1. The van der Waals surface area contributed by atoms with Crippen LogP contribution in [0.25, 0.3) is 0 Å². The first kappa shape index (κ1) is 12.4. The lowest BCUT2D eigenvalue weighted by Crippen LogP contribution is -2.53. The molecule has 1 atom stereocenters. The molecular formula is C10H21NO2. The lowest BCUT2D eigenvalue weighted by molar-refractivity contribution is -0.151. The van der Waals surface area contributed by atoms with Gasteiger partial charge in [-0.05, 0) is 34.2 Å². The first-order valence-electron chi connectivity index (χ1n) is 4.82. The van der Waals surface area contributed by atoms with E-state index >= 15 is 0 Å². The zero-order valence-corrected chi connectivity index (χ0v) is 9.29. The van der Waals surface area contributed by atoms with Gasteiger partial charge in [0.1, 0.15) is 5.54 Å². The van der Waals surface area contributed by atoms with Gasteiger partial charge in [-0.1, -0.05) is 13.3 Å². The molecule has 78 valence electrons. The molecule has 0 aromatic rings. The maximum Gasteiger partial charge on any atom is 0.323 e. The molecule has 3 heteroatoms. The van der Waals surface area contributed by atoms with Gasteiger partial charge < -0.3 is 5.11 Å². The van der Waals surface area contributed by atoms with Gasteiger partial charge in [-0.25, -0.2) is 0 Å². The van der Waals surface area contributed by atoms with E-state index in [4.69, 9.17) is 5.11 Å². The standard InChI is InChI=1S/C10H21NO2/c1-6-7-10(4,9(12)13)11(5)8(2)3/h8H,6-7H2,1-5H3,(H,12,13). The third kappa shape index (κ3) is 2.69. The minimum Gasteiger partial charge on any atom is -0.480 e. The molecule has 0 saturated heterocycles. The van der Waals surface area contributed by atoms with Crippen LogP contribution in [0, 0.1) is 0 Å². The molecule has 13 heavy (non-hydrogen) atoms. The van der Waals surface area contributed by atoms with Gasteiger partial charge in [-0.15, -0.1) is 0 Å². The Morgan fingerprint density at radius 3 is 2.23 bits per heavy atom. The third-order valence-corrected chi connectivity index (χ3v) is 2.75. The summed E-state index contributed by atoms with van der Waals surface area (Å²) in [6.07, 6.45) is 1.58. The van der Waals surface area contributed by atoms with E-state index in [9.17, 15) is 4.79 Å². The number of likely N-dealkylation sites (N-methyl/N-ethyl adjacent to an activating group) is 1. The zero-order chi connectivity index (χ0) is 10.6. The van der Waals surface area contributed by atoms with Gasteiger partial charge in [0.25, 0.3) is 0 Å². The predicted molar refractivity (Wildman–Crippen MR) is 53.8 cm³/mol. The fraction of sp³-hybridized carbons (Fsp3) is 0.900. The van der Waals surface area contributed by atoms with Gasteiger partial charge in [0.05, 0.1) is 0 Å². The highest BCUT2D eigenvalue weighted by molar-refractivity contribution is 5.78. The molecule has 0 spiro atoms. The van der Waals surface area contributed by atoms with E-state index in [1.807, 2.05) is 32.7 Å². The van der Waals surface area contributed by atoms with Gasteiger partial charge >= 0.3 is 5.97 Å². The molecule has 0 radical (unpaired) electrons. The summed E-state index contributed by atoms with van der Waals surface area (Å²) in [6.45, 7) is 7.82. The van der Waals surface area contributed by atoms with Crippen LogP contribution in [0.1, 0.15) is 40.5 Å². The van der Waals surface area contributed by atoms with Crippen molar-refractivity contribution in [2.75, 3.05) is 7.05 Å². The Kier molecular flexibility index (Phi) is 4.40. The van der Waals surface area contributed by atoms with Crippen molar-refractivity contribution in [3.8, 4) is 0 Å². The minimum atomic E-state index is -0.731. The van der Waals surface area contributed by atoms with Gasteiger partial charge in [0.15, 0.2) is 0 Å². The van der Waals surface area contributed by atoms with E-state index in [-0.39, 0.29) is 6.04 Å². The number of carboxylic acids is 1. The second-order valence-electron chi connectivity index (χ2n) is 4.03. The van der Waals surface area contributed by atoms with Crippen LogP contribution in [0.4, 0.5) is 0 Å². The monoisotopic (exact) mass is 187 g/mol. The van der Waals surface area contributed by atoms with E-state index in [2.05, 4.69) is 0 Å². The van der Waals surface area contributed by atoms with E-state index < -0.39 is 11.5 Å². The average molecular weight is 187 g/mol. The summed E-state index contributed by atoms with van der Waals surface area (Å²) in [5.41, 5.74) is -0.719. The maximum absolute atomic E-state index is 11.1. The molecular weight excluding hydrogens is 166 g/mol. The fourth-order valence-corrected chi connectivity index (χ4v) is 1.49. The largest absolute Gasteiger partial charge is 0.480 e. The fourth-order valence-electron chi connectivity index (χ4n) is 1.49. The Labute approximate surface area is 80.7 Å². The van der Waals surface area contributed by atoms with Crippen LogP contribution in [-0.2, 0) is 4.79 Å². The number of aliphatic carboxylic acids is 1. The highest BCUT2D eigenvalue weighted by Gasteiger charge is 2.37.